The van der Waals surface area contributed by atoms with Crippen LogP contribution in [-0.2, 0) is 25.1 Å². The first kappa shape index (κ1) is 31.0. The van der Waals surface area contributed by atoms with E-state index >= 15 is 0 Å². The Morgan fingerprint density at radius 1 is 1.09 bits per heavy atom. The van der Waals surface area contributed by atoms with Crippen molar-refractivity contribution in [3.63, 3.8) is 0 Å². The number of pyridine rings is 1. The number of carbonyl (C=O) groups is 3. The summed E-state index contributed by atoms with van der Waals surface area (Å²) in [5, 5.41) is 3.67. The Balaban J connectivity index is 0.919. The van der Waals surface area contributed by atoms with E-state index in [-0.39, 0.29) is 35.8 Å². The summed E-state index contributed by atoms with van der Waals surface area (Å²) in [4.78, 5) is 70.7. The van der Waals surface area contributed by atoms with Crippen molar-refractivity contribution >= 4 is 52.4 Å². The maximum Gasteiger partial charge on any atom is 0.329 e. The van der Waals surface area contributed by atoms with Gasteiger partial charge in [0.2, 0.25) is 11.8 Å². The molecule has 5 aliphatic heterocycles. The summed E-state index contributed by atoms with van der Waals surface area (Å²) < 4.78 is 17.7. The molecule has 248 valence electrons. The second kappa shape index (κ2) is 11.7. The maximum absolute atomic E-state index is 14.0. The fourth-order valence-corrected chi connectivity index (χ4v) is 9.70. The third-order valence-corrected chi connectivity index (χ3v) is 12.4. The van der Waals surface area contributed by atoms with Crippen LogP contribution in [0.3, 0.4) is 0 Å². The van der Waals surface area contributed by atoms with Crippen LogP contribution in [0.25, 0.3) is 10.1 Å². The Labute approximate surface area is 276 Å². The molecule has 1 spiro atoms. The van der Waals surface area contributed by atoms with Gasteiger partial charge in [-0.2, -0.15) is 0 Å². The number of thiophene rings is 1. The number of nitrogens with zero attached hydrogens (tertiary/aromatic N) is 4. The molecule has 3 atom stereocenters. The number of fused-ring (bicyclic) bond motifs is 2. The minimum Gasteiger partial charge on any atom is -0.380 e. The summed E-state index contributed by atoms with van der Waals surface area (Å²) in [6.07, 6.45) is 6.88. The highest BCUT2D eigenvalue weighted by molar-refractivity contribution is 7.50. The number of likely N-dealkylation sites (tertiary alicyclic amines) is 1. The molecule has 3 aromatic rings. The van der Waals surface area contributed by atoms with Crippen molar-refractivity contribution in [1.82, 2.24) is 20.1 Å². The first-order valence-corrected chi connectivity index (χ1v) is 18.9. The number of hydrogen-bond donors (Lipinski definition) is 3. The van der Waals surface area contributed by atoms with Crippen LogP contribution in [0.4, 0.5) is 5.69 Å². The summed E-state index contributed by atoms with van der Waals surface area (Å²) in [5.41, 5.74) is 3.16. The molecular weight excluding hydrogens is 641 g/mol. The molecule has 0 bridgehead atoms. The predicted octanol–water partition coefficient (Wildman–Crippen LogP) is 3.08. The van der Waals surface area contributed by atoms with Crippen molar-refractivity contribution in [2.24, 2.45) is 5.41 Å². The van der Waals surface area contributed by atoms with Crippen LogP contribution in [-0.4, -0.2) is 99.8 Å². The number of anilines is 1. The molecule has 5 fully saturated rings. The van der Waals surface area contributed by atoms with E-state index in [1.165, 1.54) is 22.6 Å². The molecule has 5 aliphatic rings. The van der Waals surface area contributed by atoms with Gasteiger partial charge in [-0.3, -0.25) is 23.9 Å². The van der Waals surface area contributed by atoms with Gasteiger partial charge >= 0.3 is 7.60 Å². The SMILES string of the molecule is O=C(N[C@H]1CCC[C@H]2CC[C@@H](C(=O)N3CC(c4cnccc4N4CC5(COC5)C4)C3)N2C1=O)c1cc2cc(CP(=O)(O)O)ccc2s1. The van der Waals surface area contributed by atoms with Crippen LogP contribution >= 0.6 is 18.9 Å². The fourth-order valence-electron chi connectivity index (χ4n) is 8.08. The molecule has 0 saturated carbocycles. The molecule has 0 radical (unpaired) electrons. The lowest BCUT2D eigenvalue weighted by atomic mass is 9.77. The van der Waals surface area contributed by atoms with E-state index in [0.717, 1.165) is 55.7 Å². The van der Waals surface area contributed by atoms with E-state index in [1.807, 2.05) is 17.3 Å². The van der Waals surface area contributed by atoms with Crippen LogP contribution in [0, 0.1) is 5.41 Å². The monoisotopic (exact) mass is 679 g/mol. The molecule has 47 heavy (non-hydrogen) atoms. The second-order valence-corrected chi connectivity index (χ2v) is 16.7. The average molecular weight is 680 g/mol. The lowest BCUT2D eigenvalue weighted by Crippen LogP contribution is -2.66. The molecule has 2 aromatic heterocycles. The van der Waals surface area contributed by atoms with Crippen molar-refractivity contribution in [2.75, 3.05) is 44.3 Å². The van der Waals surface area contributed by atoms with Gasteiger partial charge in [0.1, 0.15) is 12.1 Å². The number of carbonyl (C=O) groups excluding carboxylic acids is 3. The van der Waals surface area contributed by atoms with E-state index in [4.69, 9.17) is 4.74 Å². The van der Waals surface area contributed by atoms with Gasteiger partial charge < -0.3 is 34.5 Å². The van der Waals surface area contributed by atoms with E-state index in [9.17, 15) is 28.7 Å². The normalized spacial score (nSPS) is 25.6. The summed E-state index contributed by atoms with van der Waals surface area (Å²) in [6, 6.07) is 7.60. The summed E-state index contributed by atoms with van der Waals surface area (Å²) in [6.45, 7) is 4.83. The Bertz CT molecular complexity index is 1790. The zero-order valence-electron chi connectivity index (χ0n) is 25.9. The smallest absolute Gasteiger partial charge is 0.329 e. The van der Waals surface area contributed by atoms with Crippen LogP contribution < -0.4 is 10.2 Å². The third-order valence-electron chi connectivity index (χ3n) is 10.5. The fraction of sp³-hybridized carbons (Fsp3) is 0.515. The van der Waals surface area contributed by atoms with Crippen LogP contribution in [0.2, 0.25) is 0 Å². The number of nitrogens with one attached hydrogen (secondary N) is 1. The van der Waals surface area contributed by atoms with Gasteiger partial charge in [-0.05, 0) is 67.3 Å². The molecule has 0 unspecified atom stereocenters. The molecule has 3 amide bonds. The van der Waals surface area contributed by atoms with Crippen LogP contribution in [0.5, 0.6) is 0 Å². The quantitative estimate of drug-likeness (QED) is 0.320. The molecule has 7 heterocycles. The van der Waals surface area contributed by atoms with Crippen molar-refractivity contribution in [3.05, 3.63) is 58.7 Å². The topological polar surface area (TPSA) is 153 Å². The van der Waals surface area contributed by atoms with Gasteiger partial charge in [-0.1, -0.05) is 6.07 Å². The Morgan fingerprint density at radius 2 is 1.89 bits per heavy atom. The highest BCUT2D eigenvalue weighted by Gasteiger charge is 2.51. The van der Waals surface area contributed by atoms with Crippen molar-refractivity contribution < 1.29 is 33.5 Å². The average Bonchev–Trinajstić information content (AvgIpc) is 3.54. The minimum atomic E-state index is -4.22. The standard InChI is InChI=1S/C33H38N5O7PS/c39-30(29-11-21-10-20(15-46(42,43)44)4-7-28(21)47-29)35-25-3-1-2-23-5-6-27(38(23)31(25)40)32(41)36-13-22(14-36)24-12-34-9-8-26(24)37-16-33(17-37)18-45-19-33/h4,7-12,22-23,25,27H,1-3,5-6,13-19H2,(H,35,39)(H2,42,43,44)/t23-,25-,27-/m0/s1. The lowest BCUT2D eigenvalue weighted by molar-refractivity contribution is -0.148. The van der Waals surface area contributed by atoms with Gasteiger partial charge in [-0.25, -0.2) is 0 Å². The summed E-state index contributed by atoms with van der Waals surface area (Å²) in [5.74, 6) is -0.368. The largest absolute Gasteiger partial charge is 0.380 e. The number of benzene rings is 1. The number of hydrogen-bond acceptors (Lipinski definition) is 8. The van der Waals surface area contributed by atoms with Crippen LogP contribution in [0.15, 0.2) is 42.7 Å². The van der Waals surface area contributed by atoms with E-state index < -0.39 is 19.7 Å². The molecule has 3 N–H and O–H groups in total. The minimum absolute atomic E-state index is 0.00801. The summed E-state index contributed by atoms with van der Waals surface area (Å²) >= 11 is 1.27. The summed E-state index contributed by atoms with van der Waals surface area (Å²) in [7, 11) is -4.22. The van der Waals surface area contributed by atoms with E-state index in [2.05, 4.69) is 21.3 Å². The molecule has 1 aromatic carbocycles. The van der Waals surface area contributed by atoms with Gasteiger partial charge in [0.15, 0.2) is 0 Å². The zero-order valence-corrected chi connectivity index (χ0v) is 27.6. The number of rotatable bonds is 7. The lowest BCUT2D eigenvalue weighted by Gasteiger charge is -2.56. The van der Waals surface area contributed by atoms with E-state index in [1.54, 1.807) is 29.2 Å². The van der Waals surface area contributed by atoms with Gasteiger partial charge in [-0.15, -0.1) is 11.3 Å². The van der Waals surface area contributed by atoms with Crippen molar-refractivity contribution in [2.45, 2.75) is 62.3 Å². The number of aromatic nitrogens is 1. The maximum atomic E-state index is 14.0. The molecule has 14 heteroatoms. The predicted molar refractivity (Wildman–Crippen MR) is 175 cm³/mol. The zero-order chi connectivity index (χ0) is 32.5. The highest BCUT2D eigenvalue weighted by Crippen LogP contribution is 2.44. The van der Waals surface area contributed by atoms with Gasteiger partial charge in [0.25, 0.3) is 5.91 Å². The molecule has 0 aliphatic carbocycles. The Kier molecular flexibility index (Phi) is 7.68. The van der Waals surface area contributed by atoms with Crippen LogP contribution in [0.1, 0.15) is 58.8 Å². The second-order valence-electron chi connectivity index (χ2n) is 14.0. The van der Waals surface area contributed by atoms with Gasteiger partial charge in [0.05, 0.1) is 29.7 Å². The first-order valence-electron chi connectivity index (χ1n) is 16.3. The highest BCUT2D eigenvalue weighted by atomic mass is 32.1. The molecule has 8 rings (SSSR count). The molecule has 12 nitrogen and oxygen atoms in total. The van der Waals surface area contributed by atoms with Crippen molar-refractivity contribution in [1.29, 1.82) is 0 Å². The van der Waals surface area contributed by atoms with Crippen molar-refractivity contribution in [3.8, 4) is 0 Å². The Hall–Kier alpha value is -3.35. The molecule has 5 saturated heterocycles. The van der Waals surface area contributed by atoms with E-state index in [0.29, 0.717) is 41.8 Å². The number of ether oxygens (including phenoxy) is 1. The Morgan fingerprint density at radius 3 is 2.64 bits per heavy atom. The van der Waals surface area contributed by atoms with Gasteiger partial charge in [0, 0.05) is 66.5 Å². The third kappa shape index (κ3) is 5.76. The molecular formula is C33H38N5O7PS. The first-order chi connectivity index (χ1) is 22.6. The number of amides is 3.